The first-order chi connectivity index (χ1) is 19.5. The number of aryl methyl sites for hydroxylation is 1. The second kappa shape index (κ2) is 13.0. The van der Waals surface area contributed by atoms with Crippen LogP contribution in [-0.2, 0) is 40.4 Å². The van der Waals surface area contributed by atoms with Crippen molar-refractivity contribution in [3.05, 3.63) is 34.7 Å². The smallest absolute Gasteiger partial charge is 0.431 e. The minimum Gasteiger partial charge on any atom is -0.431 e. The van der Waals surface area contributed by atoms with Crippen LogP contribution in [0.4, 0.5) is 4.79 Å². The van der Waals surface area contributed by atoms with E-state index in [-0.39, 0.29) is 18.4 Å². The Labute approximate surface area is 243 Å². The Morgan fingerprint density at radius 2 is 1.85 bits per heavy atom. The first kappa shape index (κ1) is 30.4. The molecule has 1 aliphatic carbocycles. The summed E-state index contributed by atoms with van der Waals surface area (Å²) in [4.78, 5) is 61.2. The van der Waals surface area contributed by atoms with Crippen LogP contribution >= 0.6 is 11.3 Å². The van der Waals surface area contributed by atoms with Crippen molar-refractivity contribution in [2.45, 2.75) is 103 Å². The predicted molar refractivity (Wildman–Crippen MR) is 151 cm³/mol. The maximum atomic E-state index is 13.1. The molecule has 11 nitrogen and oxygen atoms in total. The van der Waals surface area contributed by atoms with Crippen molar-refractivity contribution in [3.63, 3.8) is 0 Å². The maximum absolute atomic E-state index is 13.1. The fraction of sp³-hybridized carbons (Fsp3) is 0.586. The van der Waals surface area contributed by atoms with Gasteiger partial charge in [0, 0.05) is 19.7 Å². The molecule has 0 bridgehead atoms. The third-order valence-corrected chi connectivity index (χ3v) is 8.77. The number of thiazole rings is 1. The lowest BCUT2D eigenvalue weighted by Gasteiger charge is -2.25. The SMILES string of the molecule is Cc1nc(CC(=O)N2CCC[C@H]2C(N)=O)sc1-c1ccnc(C(C)(C)C(=O)OC(C)OC(=O)OC2CCCCC2)c1. The zero-order valence-corrected chi connectivity index (χ0v) is 24.8. The molecule has 2 atom stereocenters. The first-order valence-corrected chi connectivity index (χ1v) is 14.9. The van der Waals surface area contributed by atoms with Crippen LogP contribution in [0.5, 0.6) is 0 Å². The standard InChI is InChI=1S/C29H38N4O7S/c1-17-25(41-23(32-17)16-24(34)33-14-8-11-21(33)26(30)35)19-12-13-31-22(15-19)29(3,4)27(36)38-18(2)39-28(37)40-20-9-6-5-7-10-20/h12-13,15,18,20-21H,5-11,14,16H2,1-4H3,(H2,30,35)/t18?,21-/m0/s1. The number of amides is 2. The van der Waals surface area contributed by atoms with Gasteiger partial charge in [-0.1, -0.05) is 6.42 Å². The molecule has 41 heavy (non-hydrogen) atoms. The summed E-state index contributed by atoms with van der Waals surface area (Å²) in [6.07, 6.45) is 5.64. The average molecular weight is 587 g/mol. The molecule has 3 heterocycles. The minimum atomic E-state index is -1.15. The van der Waals surface area contributed by atoms with Crippen LogP contribution in [0, 0.1) is 6.92 Å². The second-order valence-electron chi connectivity index (χ2n) is 11.1. The number of primary amides is 1. The second-order valence-corrected chi connectivity index (χ2v) is 12.2. The summed E-state index contributed by atoms with van der Waals surface area (Å²) in [5.74, 6) is -1.27. The topological polar surface area (TPSA) is 151 Å². The first-order valence-electron chi connectivity index (χ1n) is 14.1. The molecule has 2 N–H and O–H groups in total. The van der Waals surface area contributed by atoms with E-state index in [0.717, 1.165) is 54.7 Å². The van der Waals surface area contributed by atoms with Gasteiger partial charge in [0.2, 0.25) is 18.1 Å². The van der Waals surface area contributed by atoms with Crippen molar-refractivity contribution in [3.8, 4) is 10.4 Å². The molecule has 1 saturated carbocycles. The van der Waals surface area contributed by atoms with Gasteiger partial charge in [-0.25, -0.2) is 9.78 Å². The van der Waals surface area contributed by atoms with Crippen LogP contribution in [0.15, 0.2) is 18.3 Å². The summed E-state index contributed by atoms with van der Waals surface area (Å²) in [6.45, 7) is 7.20. The number of carbonyl (C=O) groups is 4. The number of carbonyl (C=O) groups excluding carboxylic acids is 4. The summed E-state index contributed by atoms with van der Waals surface area (Å²) in [6, 6.07) is 3.04. The Morgan fingerprint density at radius 3 is 2.56 bits per heavy atom. The normalized spacial score (nSPS) is 18.5. The Morgan fingerprint density at radius 1 is 1.12 bits per heavy atom. The van der Waals surface area contributed by atoms with Crippen molar-refractivity contribution in [2.24, 2.45) is 5.73 Å². The lowest BCUT2D eigenvalue weighted by Crippen LogP contribution is -2.44. The molecule has 2 aliphatic rings. The van der Waals surface area contributed by atoms with Gasteiger partial charge in [0.1, 0.15) is 22.6 Å². The molecular weight excluding hydrogens is 548 g/mol. The molecule has 2 fully saturated rings. The van der Waals surface area contributed by atoms with Crippen molar-refractivity contribution in [2.75, 3.05) is 6.54 Å². The van der Waals surface area contributed by atoms with Crippen LogP contribution in [0.3, 0.4) is 0 Å². The Bertz CT molecular complexity index is 1290. The average Bonchev–Trinajstić information content (AvgIpc) is 3.56. The Hall–Kier alpha value is -3.54. The molecule has 222 valence electrons. The number of ether oxygens (including phenoxy) is 3. The molecule has 2 aromatic heterocycles. The molecule has 0 spiro atoms. The molecule has 1 unspecified atom stereocenters. The van der Waals surface area contributed by atoms with E-state index in [1.165, 1.54) is 23.2 Å². The number of likely N-dealkylation sites (tertiary alicyclic amines) is 1. The van der Waals surface area contributed by atoms with Crippen LogP contribution in [0.25, 0.3) is 10.4 Å². The molecule has 4 rings (SSSR count). The summed E-state index contributed by atoms with van der Waals surface area (Å²) >= 11 is 1.38. The highest BCUT2D eigenvalue weighted by atomic mass is 32.1. The summed E-state index contributed by atoms with van der Waals surface area (Å²) in [7, 11) is 0. The Kier molecular flexibility index (Phi) is 9.62. The van der Waals surface area contributed by atoms with Crippen LogP contribution in [-0.4, -0.2) is 63.8 Å². The van der Waals surface area contributed by atoms with Gasteiger partial charge < -0.3 is 24.8 Å². The van der Waals surface area contributed by atoms with Gasteiger partial charge in [0.25, 0.3) is 0 Å². The van der Waals surface area contributed by atoms with Crippen molar-refractivity contribution in [1.29, 1.82) is 0 Å². The van der Waals surface area contributed by atoms with Gasteiger partial charge in [-0.2, -0.15) is 0 Å². The van der Waals surface area contributed by atoms with Gasteiger partial charge in [-0.05, 0) is 77.0 Å². The number of aromatic nitrogens is 2. The van der Waals surface area contributed by atoms with E-state index >= 15 is 0 Å². The predicted octanol–water partition coefficient (Wildman–Crippen LogP) is 4.19. The third kappa shape index (κ3) is 7.41. The monoisotopic (exact) mass is 586 g/mol. The molecule has 12 heteroatoms. The third-order valence-electron chi connectivity index (χ3n) is 7.57. The van der Waals surface area contributed by atoms with E-state index in [2.05, 4.69) is 9.97 Å². The van der Waals surface area contributed by atoms with Crippen molar-refractivity contribution < 1.29 is 33.4 Å². The molecule has 2 aromatic rings. The Balaban J connectivity index is 1.40. The van der Waals surface area contributed by atoms with Gasteiger partial charge >= 0.3 is 12.1 Å². The largest absolute Gasteiger partial charge is 0.511 e. The van der Waals surface area contributed by atoms with E-state index in [1.54, 1.807) is 26.1 Å². The zero-order chi connectivity index (χ0) is 29.7. The summed E-state index contributed by atoms with van der Waals surface area (Å²) in [5, 5.41) is 0.626. The fourth-order valence-corrected chi connectivity index (χ4v) is 6.26. The van der Waals surface area contributed by atoms with E-state index in [4.69, 9.17) is 19.9 Å². The van der Waals surface area contributed by atoms with Crippen molar-refractivity contribution in [1.82, 2.24) is 14.9 Å². The van der Waals surface area contributed by atoms with E-state index in [9.17, 15) is 19.2 Å². The number of pyridine rings is 1. The summed E-state index contributed by atoms with van der Waals surface area (Å²) in [5.41, 5.74) is 6.30. The lowest BCUT2D eigenvalue weighted by molar-refractivity contribution is -0.174. The van der Waals surface area contributed by atoms with Gasteiger partial charge in [0.05, 0.1) is 22.7 Å². The van der Waals surface area contributed by atoms with Crippen LogP contribution in [0.1, 0.15) is 82.1 Å². The highest BCUT2D eigenvalue weighted by molar-refractivity contribution is 7.15. The van der Waals surface area contributed by atoms with Crippen LogP contribution in [0.2, 0.25) is 0 Å². The molecule has 1 aliphatic heterocycles. The van der Waals surface area contributed by atoms with E-state index in [1.807, 2.05) is 13.0 Å². The van der Waals surface area contributed by atoms with Gasteiger partial charge in [-0.3, -0.25) is 19.4 Å². The zero-order valence-electron chi connectivity index (χ0n) is 24.0. The number of hydrogen-bond donors (Lipinski definition) is 1. The fourth-order valence-electron chi connectivity index (χ4n) is 5.21. The van der Waals surface area contributed by atoms with Gasteiger partial charge in [-0.15, -0.1) is 11.3 Å². The number of rotatable bonds is 9. The van der Waals surface area contributed by atoms with E-state index in [0.29, 0.717) is 23.7 Å². The molecular formula is C29H38N4O7S. The lowest BCUT2D eigenvalue weighted by atomic mass is 9.88. The van der Waals surface area contributed by atoms with Gasteiger partial charge in [0.15, 0.2) is 0 Å². The van der Waals surface area contributed by atoms with Crippen molar-refractivity contribution >= 4 is 35.3 Å². The minimum absolute atomic E-state index is 0.0755. The summed E-state index contributed by atoms with van der Waals surface area (Å²) < 4.78 is 15.9. The maximum Gasteiger partial charge on any atom is 0.511 e. The molecule has 1 saturated heterocycles. The quantitative estimate of drug-likeness (QED) is 0.337. The molecule has 2 amide bonds. The molecule has 0 radical (unpaired) electrons. The number of hydrogen-bond acceptors (Lipinski definition) is 10. The van der Waals surface area contributed by atoms with E-state index < -0.39 is 35.8 Å². The molecule has 0 aromatic carbocycles. The number of esters is 1. The number of nitrogens with zero attached hydrogens (tertiary/aromatic N) is 3. The van der Waals surface area contributed by atoms with Crippen LogP contribution < -0.4 is 5.73 Å². The highest BCUT2D eigenvalue weighted by Crippen LogP contribution is 2.34. The highest BCUT2D eigenvalue weighted by Gasteiger charge is 2.36. The number of nitrogens with two attached hydrogens (primary N) is 1.